The molecule has 0 N–H and O–H groups in total. The van der Waals surface area contributed by atoms with Gasteiger partial charge in [-0.3, -0.25) is 9.29 Å². The fourth-order valence-corrected chi connectivity index (χ4v) is 4.75. The maximum atomic E-state index is 13.5. The predicted molar refractivity (Wildman–Crippen MR) is 113 cm³/mol. The molecule has 1 aromatic heterocycles. The molecule has 0 spiro atoms. The van der Waals surface area contributed by atoms with Crippen LogP contribution in [0.4, 0.5) is 5.69 Å². The van der Waals surface area contributed by atoms with Crippen LogP contribution in [-0.2, 0) is 16.4 Å². The number of nitrogens with zero attached hydrogens (tertiary/aromatic N) is 2. The Kier molecular flexibility index (Phi) is 5.08. The quantitative estimate of drug-likeness (QED) is 0.482. The van der Waals surface area contributed by atoms with Gasteiger partial charge in [0.2, 0.25) is 0 Å². The van der Waals surface area contributed by atoms with Gasteiger partial charge in [-0.25, -0.2) is 8.42 Å². The number of aromatic nitrogens is 1. The van der Waals surface area contributed by atoms with E-state index in [0.717, 1.165) is 10.9 Å². The van der Waals surface area contributed by atoms with Gasteiger partial charge in [0.25, 0.3) is 10.0 Å². The second-order valence-corrected chi connectivity index (χ2v) is 8.34. The Bertz CT molecular complexity index is 1170. The molecule has 5 heteroatoms. The van der Waals surface area contributed by atoms with Gasteiger partial charge in [-0.05, 0) is 36.2 Å². The highest BCUT2D eigenvalue weighted by Crippen LogP contribution is 2.30. The molecule has 28 heavy (non-hydrogen) atoms. The SMILES string of the molecule is O=S(=O)(c1ccccc1)N(CCc1ccccc1)c1cccc2cccnc12. The average molecular weight is 388 g/mol. The minimum absolute atomic E-state index is 0.274. The van der Waals surface area contributed by atoms with Crippen LogP contribution in [0.5, 0.6) is 0 Å². The summed E-state index contributed by atoms with van der Waals surface area (Å²) in [4.78, 5) is 4.73. The molecule has 0 unspecified atom stereocenters. The summed E-state index contributed by atoms with van der Waals surface area (Å²) < 4.78 is 28.5. The van der Waals surface area contributed by atoms with Gasteiger partial charge in [-0.2, -0.15) is 0 Å². The second kappa shape index (κ2) is 7.82. The molecule has 0 atom stereocenters. The Morgan fingerprint density at radius 3 is 2.18 bits per heavy atom. The molecule has 0 aliphatic carbocycles. The lowest BCUT2D eigenvalue weighted by Crippen LogP contribution is -2.33. The van der Waals surface area contributed by atoms with Crippen molar-refractivity contribution in [3.05, 3.63) is 103 Å². The zero-order chi connectivity index (χ0) is 19.4. The number of sulfonamides is 1. The normalized spacial score (nSPS) is 11.4. The van der Waals surface area contributed by atoms with E-state index in [1.54, 1.807) is 30.5 Å². The molecule has 4 aromatic rings. The van der Waals surface area contributed by atoms with Gasteiger partial charge in [0.15, 0.2) is 0 Å². The van der Waals surface area contributed by atoms with E-state index in [4.69, 9.17) is 0 Å². The molecule has 4 nitrogen and oxygen atoms in total. The van der Waals surface area contributed by atoms with Crippen molar-refractivity contribution in [3.8, 4) is 0 Å². The van der Waals surface area contributed by atoms with Gasteiger partial charge < -0.3 is 0 Å². The Morgan fingerprint density at radius 2 is 1.43 bits per heavy atom. The molecule has 3 aromatic carbocycles. The van der Waals surface area contributed by atoms with Crippen molar-refractivity contribution in [2.24, 2.45) is 0 Å². The molecule has 0 saturated heterocycles. The second-order valence-electron chi connectivity index (χ2n) is 6.48. The number of anilines is 1. The molecule has 0 saturated carbocycles. The minimum Gasteiger partial charge on any atom is -0.264 e. The molecule has 0 radical (unpaired) electrons. The van der Waals surface area contributed by atoms with Crippen LogP contribution in [-0.4, -0.2) is 19.9 Å². The first-order valence-electron chi connectivity index (χ1n) is 9.12. The first-order chi connectivity index (χ1) is 13.7. The molecular formula is C23H20N2O2S. The van der Waals surface area contributed by atoms with Crippen LogP contribution in [0, 0.1) is 0 Å². The van der Waals surface area contributed by atoms with Crippen molar-refractivity contribution in [1.29, 1.82) is 0 Å². The Hall–Kier alpha value is -3.18. The van der Waals surface area contributed by atoms with E-state index >= 15 is 0 Å². The monoisotopic (exact) mass is 388 g/mol. The molecule has 0 aliphatic heterocycles. The van der Waals surface area contributed by atoms with E-state index in [1.165, 1.54) is 4.31 Å². The number of hydrogen-bond acceptors (Lipinski definition) is 3. The van der Waals surface area contributed by atoms with Gasteiger partial charge in [0, 0.05) is 18.1 Å². The summed E-state index contributed by atoms with van der Waals surface area (Å²) in [5.74, 6) is 0. The van der Waals surface area contributed by atoms with Crippen molar-refractivity contribution in [3.63, 3.8) is 0 Å². The summed E-state index contributed by atoms with van der Waals surface area (Å²) in [5, 5.41) is 0.910. The van der Waals surface area contributed by atoms with Crippen LogP contribution in [0.1, 0.15) is 5.56 Å². The molecule has 1 heterocycles. The Balaban J connectivity index is 1.81. The van der Waals surface area contributed by atoms with Gasteiger partial charge in [0.1, 0.15) is 0 Å². The van der Waals surface area contributed by atoms with Crippen LogP contribution in [0.3, 0.4) is 0 Å². The van der Waals surface area contributed by atoms with Crippen molar-refractivity contribution >= 4 is 26.6 Å². The summed E-state index contributed by atoms with van der Waals surface area (Å²) >= 11 is 0. The summed E-state index contributed by atoms with van der Waals surface area (Å²) in [6.07, 6.45) is 2.30. The number of hydrogen-bond donors (Lipinski definition) is 0. The fraction of sp³-hybridized carbons (Fsp3) is 0.0870. The van der Waals surface area contributed by atoms with Crippen LogP contribution in [0.2, 0.25) is 0 Å². The van der Waals surface area contributed by atoms with Gasteiger partial charge in [0.05, 0.1) is 16.1 Å². The summed E-state index contributed by atoms with van der Waals surface area (Å²) in [6, 6.07) is 27.9. The van der Waals surface area contributed by atoms with Crippen LogP contribution in [0.25, 0.3) is 10.9 Å². The third-order valence-electron chi connectivity index (χ3n) is 4.66. The Morgan fingerprint density at radius 1 is 0.750 bits per heavy atom. The zero-order valence-corrected chi connectivity index (χ0v) is 16.1. The highest BCUT2D eigenvalue weighted by molar-refractivity contribution is 7.92. The topological polar surface area (TPSA) is 50.3 Å². The first kappa shape index (κ1) is 18.2. The maximum absolute atomic E-state index is 13.5. The van der Waals surface area contributed by atoms with E-state index in [-0.39, 0.29) is 4.90 Å². The van der Waals surface area contributed by atoms with Crippen LogP contribution >= 0.6 is 0 Å². The largest absolute Gasteiger partial charge is 0.264 e. The minimum atomic E-state index is -3.72. The van der Waals surface area contributed by atoms with E-state index in [9.17, 15) is 8.42 Å². The fourth-order valence-electron chi connectivity index (χ4n) is 3.25. The predicted octanol–water partition coefficient (Wildman–Crippen LogP) is 4.67. The smallest absolute Gasteiger partial charge is 0.264 e. The van der Waals surface area contributed by atoms with Crippen molar-refractivity contribution < 1.29 is 8.42 Å². The van der Waals surface area contributed by atoms with Crippen molar-refractivity contribution in [2.45, 2.75) is 11.3 Å². The molecular weight excluding hydrogens is 368 g/mol. The van der Waals surface area contributed by atoms with Crippen molar-refractivity contribution in [1.82, 2.24) is 4.98 Å². The summed E-state index contributed by atoms with van der Waals surface area (Å²) in [5.41, 5.74) is 2.36. The number of benzene rings is 3. The van der Waals surface area contributed by atoms with E-state index in [2.05, 4.69) is 4.98 Å². The average Bonchev–Trinajstić information content (AvgIpc) is 2.75. The molecule has 140 valence electrons. The third-order valence-corrected chi connectivity index (χ3v) is 6.49. The molecule has 4 rings (SSSR count). The summed E-state index contributed by atoms with van der Waals surface area (Å²) in [7, 11) is -3.72. The molecule has 0 fully saturated rings. The van der Waals surface area contributed by atoms with Crippen LogP contribution in [0.15, 0.2) is 102 Å². The summed E-state index contributed by atoms with van der Waals surface area (Å²) in [6.45, 7) is 0.330. The lowest BCUT2D eigenvalue weighted by molar-refractivity contribution is 0.590. The highest BCUT2D eigenvalue weighted by atomic mass is 32.2. The number of fused-ring (bicyclic) bond motifs is 1. The zero-order valence-electron chi connectivity index (χ0n) is 15.3. The number of para-hydroxylation sites is 1. The first-order valence-corrected chi connectivity index (χ1v) is 10.6. The number of rotatable bonds is 6. The number of pyridine rings is 1. The molecule has 0 amide bonds. The third kappa shape index (κ3) is 3.62. The van der Waals surface area contributed by atoms with Gasteiger partial charge in [-0.1, -0.05) is 66.7 Å². The Labute approximate surface area is 165 Å². The maximum Gasteiger partial charge on any atom is 0.264 e. The van der Waals surface area contributed by atoms with Crippen LogP contribution < -0.4 is 4.31 Å². The van der Waals surface area contributed by atoms with Gasteiger partial charge in [-0.15, -0.1) is 0 Å². The van der Waals surface area contributed by atoms with Gasteiger partial charge >= 0.3 is 0 Å². The van der Waals surface area contributed by atoms with Crippen molar-refractivity contribution in [2.75, 3.05) is 10.8 Å². The standard InChI is InChI=1S/C23H20N2O2S/c26-28(27,21-13-5-2-6-14-21)25(18-16-19-9-3-1-4-10-19)22-15-7-11-20-12-8-17-24-23(20)22/h1-15,17H,16,18H2. The van der Waals surface area contributed by atoms with E-state index in [1.807, 2.05) is 66.7 Å². The van der Waals surface area contributed by atoms with E-state index in [0.29, 0.717) is 24.2 Å². The van der Waals surface area contributed by atoms with E-state index < -0.39 is 10.0 Å². The molecule has 0 bridgehead atoms. The highest BCUT2D eigenvalue weighted by Gasteiger charge is 2.26. The molecule has 0 aliphatic rings. The lowest BCUT2D eigenvalue weighted by atomic mass is 10.1. The lowest BCUT2D eigenvalue weighted by Gasteiger charge is -2.25.